The summed E-state index contributed by atoms with van der Waals surface area (Å²) in [6, 6.07) is 18.2. The standard InChI is InChI=1S/C26H26BrClN2O4/c1-3-13-33-22-11-7-20(8-12-22)26(31)30-29-16-19-14-23(28)25(24(15-19)32-4-2)34-17-18-5-9-21(27)10-6-18/h5-12,14-16H,3-4,13,17H2,1-2H3,(H,30,31)/b29-16-. The van der Waals surface area contributed by atoms with Gasteiger partial charge in [0, 0.05) is 10.0 Å². The van der Waals surface area contributed by atoms with Crippen molar-refractivity contribution in [3.05, 3.63) is 86.8 Å². The number of ether oxygens (including phenoxy) is 3. The normalized spacial score (nSPS) is 10.8. The van der Waals surface area contributed by atoms with Crippen LogP contribution in [0.2, 0.25) is 5.02 Å². The number of carbonyl (C=O) groups excluding carboxylic acids is 1. The minimum Gasteiger partial charge on any atom is -0.494 e. The largest absolute Gasteiger partial charge is 0.494 e. The van der Waals surface area contributed by atoms with E-state index in [1.165, 1.54) is 6.21 Å². The van der Waals surface area contributed by atoms with Gasteiger partial charge in [0.1, 0.15) is 12.4 Å². The number of nitrogens with zero attached hydrogens (tertiary/aromatic N) is 1. The monoisotopic (exact) mass is 544 g/mol. The lowest BCUT2D eigenvalue weighted by atomic mass is 10.2. The van der Waals surface area contributed by atoms with E-state index in [9.17, 15) is 4.79 Å². The van der Waals surface area contributed by atoms with Gasteiger partial charge in [-0.15, -0.1) is 0 Å². The molecule has 0 spiro atoms. The minimum absolute atomic E-state index is 0.330. The topological polar surface area (TPSA) is 69.2 Å². The van der Waals surface area contributed by atoms with Crippen molar-refractivity contribution < 1.29 is 19.0 Å². The van der Waals surface area contributed by atoms with Crippen LogP contribution in [0.3, 0.4) is 0 Å². The highest BCUT2D eigenvalue weighted by atomic mass is 79.9. The van der Waals surface area contributed by atoms with Crippen LogP contribution in [0.4, 0.5) is 0 Å². The number of hydrogen-bond acceptors (Lipinski definition) is 5. The molecule has 1 N–H and O–H groups in total. The van der Waals surface area contributed by atoms with Gasteiger partial charge in [-0.25, -0.2) is 5.43 Å². The summed E-state index contributed by atoms with van der Waals surface area (Å²) in [4.78, 5) is 12.4. The van der Waals surface area contributed by atoms with Crippen molar-refractivity contribution >= 4 is 39.7 Å². The number of carbonyl (C=O) groups is 1. The molecule has 0 unspecified atom stereocenters. The number of hydrogen-bond donors (Lipinski definition) is 1. The lowest BCUT2D eigenvalue weighted by molar-refractivity contribution is 0.0955. The number of rotatable bonds is 11. The van der Waals surface area contributed by atoms with E-state index in [1.807, 2.05) is 38.1 Å². The molecule has 0 heterocycles. The first-order valence-corrected chi connectivity index (χ1v) is 12.1. The van der Waals surface area contributed by atoms with Crippen LogP contribution in [0.15, 0.2) is 70.2 Å². The summed E-state index contributed by atoms with van der Waals surface area (Å²) in [5.74, 6) is 1.35. The van der Waals surface area contributed by atoms with E-state index in [-0.39, 0.29) is 5.91 Å². The maximum absolute atomic E-state index is 12.4. The Morgan fingerprint density at radius 3 is 2.44 bits per heavy atom. The third-order valence-electron chi connectivity index (χ3n) is 4.60. The Hall–Kier alpha value is -3.03. The number of hydrazone groups is 1. The van der Waals surface area contributed by atoms with Crippen LogP contribution >= 0.6 is 27.5 Å². The molecule has 3 aromatic carbocycles. The molecule has 0 radical (unpaired) electrons. The van der Waals surface area contributed by atoms with Gasteiger partial charge in [0.2, 0.25) is 0 Å². The molecule has 0 aliphatic rings. The van der Waals surface area contributed by atoms with Crippen LogP contribution in [0, 0.1) is 0 Å². The Kier molecular flexibility index (Phi) is 9.79. The molecule has 178 valence electrons. The maximum Gasteiger partial charge on any atom is 0.271 e. The van der Waals surface area contributed by atoms with E-state index in [0.29, 0.717) is 47.5 Å². The van der Waals surface area contributed by atoms with Gasteiger partial charge in [0.15, 0.2) is 11.5 Å². The molecule has 3 aromatic rings. The summed E-state index contributed by atoms with van der Waals surface area (Å²) in [5.41, 5.74) is 4.66. The van der Waals surface area contributed by atoms with Crippen molar-refractivity contribution in [1.29, 1.82) is 0 Å². The van der Waals surface area contributed by atoms with Gasteiger partial charge in [0.25, 0.3) is 5.91 Å². The van der Waals surface area contributed by atoms with Crippen LogP contribution < -0.4 is 19.6 Å². The number of benzene rings is 3. The second-order valence-electron chi connectivity index (χ2n) is 7.25. The van der Waals surface area contributed by atoms with Crippen molar-refractivity contribution in [2.75, 3.05) is 13.2 Å². The summed E-state index contributed by atoms with van der Waals surface area (Å²) >= 11 is 9.90. The second kappa shape index (κ2) is 13.0. The molecule has 8 heteroatoms. The summed E-state index contributed by atoms with van der Waals surface area (Å²) in [7, 11) is 0. The molecule has 34 heavy (non-hydrogen) atoms. The van der Waals surface area contributed by atoms with E-state index < -0.39 is 0 Å². The predicted octanol–water partition coefficient (Wildman–Crippen LogP) is 6.63. The highest BCUT2D eigenvalue weighted by molar-refractivity contribution is 9.10. The lowest BCUT2D eigenvalue weighted by Gasteiger charge is -2.14. The molecular formula is C26H26BrClN2O4. The molecule has 1 amide bonds. The Bertz CT molecular complexity index is 1120. The average Bonchev–Trinajstić information content (AvgIpc) is 2.84. The first-order valence-electron chi connectivity index (χ1n) is 10.9. The molecule has 6 nitrogen and oxygen atoms in total. The molecule has 0 fully saturated rings. The lowest BCUT2D eigenvalue weighted by Crippen LogP contribution is -2.17. The van der Waals surface area contributed by atoms with Gasteiger partial charge < -0.3 is 14.2 Å². The molecular weight excluding hydrogens is 520 g/mol. The fourth-order valence-electron chi connectivity index (χ4n) is 2.95. The van der Waals surface area contributed by atoms with Gasteiger partial charge in [-0.05, 0) is 73.0 Å². The Labute approximate surface area is 213 Å². The highest BCUT2D eigenvalue weighted by Gasteiger charge is 2.13. The number of halogens is 2. The van der Waals surface area contributed by atoms with Crippen LogP contribution in [-0.4, -0.2) is 25.3 Å². The maximum atomic E-state index is 12.4. The van der Waals surface area contributed by atoms with E-state index in [2.05, 4.69) is 26.5 Å². The zero-order valence-corrected chi connectivity index (χ0v) is 21.4. The molecule has 3 rings (SSSR count). The van der Waals surface area contributed by atoms with E-state index in [4.69, 9.17) is 25.8 Å². The predicted molar refractivity (Wildman–Crippen MR) is 138 cm³/mol. The van der Waals surface area contributed by atoms with Gasteiger partial charge >= 0.3 is 0 Å². The van der Waals surface area contributed by atoms with Gasteiger partial charge in [-0.2, -0.15) is 5.10 Å². The van der Waals surface area contributed by atoms with E-state index in [0.717, 1.165) is 22.2 Å². The Morgan fingerprint density at radius 1 is 1.03 bits per heavy atom. The zero-order chi connectivity index (χ0) is 24.3. The van der Waals surface area contributed by atoms with Crippen LogP contribution in [0.1, 0.15) is 41.8 Å². The molecule has 0 aromatic heterocycles. The molecule has 0 bridgehead atoms. The first kappa shape index (κ1) is 25.6. The van der Waals surface area contributed by atoms with E-state index in [1.54, 1.807) is 36.4 Å². The summed E-state index contributed by atoms with van der Waals surface area (Å²) < 4.78 is 18.2. The van der Waals surface area contributed by atoms with Crippen LogP contribution in [0.5, 0.6) is 17.2 Å². The Morgan fingerprint density at radius 2 is 1.76 bits per heavy atom. The van der Waals surface area contributed by atoms with Crippen molar-refractivity contribution in [2.45, 2.75) is 26.9 Å². The number of nitrogens with one attached hydrogen (secondary N) is 1. The highest BCUT2D eigenvalue weighted by Crippen LogP contribution is 2.37. The van der Waals surface area contributed by atoms with Crippen LogP contribution in [0.25, 0.3) is 0 Å². The average molecular weight is 546 g/mol. The Balaban J connectivity index is 1.65. The summed E-state index contributed by atoms with van der Waals surface area (Å²) in [6.45, 7) is 5.34. The molecule has 0 saturated heterocycles. The second-order valence-corrected chi connectivity index (χ2v) is 8.57. The molecule has 0 aliphatic heterocycles. The summed E-state index contributed by atoms with van der Waals surface area (Å²) in [6.07, 6.45) is 2.42. The molecule has 0 atom stereocenters. The SMILES string of the molecule is CCCOc1ccc(C(=O)N/N=C\c2cc(Cl)c(OCc3ccc(Br)cc3)c(OCC)c2)cc1. The third kappa shape index (κ3) is 7.50. The fourth-order valence-corrected chi connectivity index (χ4v) is 3.49. The van der Waals surface area contributed by atoms with Gasteiger partial charge in [-0.3, -0.25) is 4.79 Å². The molecule has 0 aliphatic carbocycles. The fraction of sp³-hybridized carbons (Fsp3) is 0.231. The smallest absolute Gasteiger partial charge is 0.271 e. The zero-order valence-electron chi connectivity index (χ0n) is 19.0. The van der Waals surface area contributed by atoms with Crippen LogP contribution in [-0.2, 0) is 6.61 Å². The third-order valence-corrected chi connectivity index (χ3v) is 5.41. The van der Waals surface area contributed by atoms with E-state index >= 15 is 0 Å². The van der Waals surface area contributed by atoms with Crippen molar-refractivity contribution in [2.24, 2.45) is 5.10 Å². The molecule has 0 saturated carbocycles. The number of amides is 1. The van der Waals surface area contributed by atoms with Gasteiger partial charge in [-0.1, -0.05) is 46.6 Å². The van der Waals surface area contributed by atoms with Crippen molar-refractivity contribution in [3.63, 3.8) is 0 Å². The van der Waals surface area contributed by atoms with Gasteiger partial charge in [0.05, 0.1) is 24.5 Å². The minimum atomic E-state index is -0.330. The quantitative estimate of drug-likeness (QED) is 0.217. The summed E-state index contributed by atoms with van der Waals surface area (Å²) in [5, 5.41) is 4.44. The van der Waals surface area contributed by atoms with Crippen molar-refractivity contribution in [1.82, 2.24) is 5.43 Å². The van der Waals surface area contributed by atoms with Crippen molar-refractivity contribution in [3.8, 4) is 17.2 Å². The first-order chi connectivity index (χ1) is 16.5.